The van der Waals surface area contributed by atoms with Gasteiger partial charge in [0.15, 0.2) is 18.1 Å². The third kappa shape index (κ3) is 4.06. The van der Waals surface area contributed by atoms with Crippen molar-refractivity contribution in [2.24, 2.45) is 0 Å². The molecule has 0 radical (unpaired) electrons. The van der Waals surface area contributed by atoms with E-state index < -0.39 is 23.9 Å². The van der Waals surface area contributed by atoms with Crippen molar-refractivity contribution >= 4 is 46.2 Å². The molecule has 3 rings (SSSR count). The number of oxazole rings is 1. The standard InChI is InChI=1S/C18H13ClN2O6/c1-9(16(22)21-13-6-10(17(23)24)2-4-12(13)19)27-18(25)11-3-5-15-14(7-11)20-8-26-15/h2-9H,1H3,(H,21,22)(H,23,24). The Labute approximate surface area is 157 Å². The molecule has 1 atom stereocenters. The summed E-state index contributed by atoms with van der Waals surface area (Å²) in [5.41, 5.74) is 1.28. The average molecular weight is 389 g/mol. The summed E-state index contributed by atoms with van der Waals surface area (Å²) < 4.78 is 10.2. The Balaban J connectivity index is 1.69. The fraction of sp³-hybridized carbons (Fsp3) is 0.111. The van der Waals surface area contributed by atoms with Crippen LogP contribution in [0.1, 0.15) is 27.6 Å². The number of fused-ring (bicyclic) bond motifs is 1. The van der Waals surface area contributed by atoms with Crippen molar-refractivity contribution in [3.05, 3.63) is 58.9 Å². The van der Waals surface area contributed by atoms with Gasteiger partial charge in [0, 0.05) is 0 Å². The molecule has 0 bridgehead atoms. The van der Waals surface area contributed by atoms with E-state index in [2.05, 4.69) is 10.3 Å². The summed E-state index contributed by atoms with van der Waals surface area (Å²) in [6.45, 7) is 1.39. The monoisotopic (exact) mass is 388 g/mol. The lowest BCUT2D eigenvalue weighted by atomic mass is 10.2. The van der Waals surface area contributed by atoms with Crippen LogP contribution in [0.15, 0.2) is 47.2 Å². The minimum atomic E-state index is -1.16. The number of halogens is 1. The maximum atomic E-state index is 12.3. The summed E-state index contributed by atoms with van der Waals surface area (Å²) in [5.74, 6) is -2.53. The van der Waals surface area contributed by atoms with Gasteiger partial charge in [-0.15, -0.1) is 0 Å². The smallest absolute Gasteiger partial charge is 0.338 e. The number of nitrogens with zero attached hydrogens (tertiary/aromatic N) is 1. The molecule has 138 valence electrons. The molecule has 2 aromatic carbocycles. The molecule has 0 aliphatic heterocycles. The van der Waals surface area contributed by atoms with E-state index in [0.29, 0.717) is 11.1 Å². The Bertz CT molecular complexity index is 1050. The molecule has 1 heterocycles. The Morgan fingerprint density at radius 1 is 1.19 bits per heavy atom. The number of ether oxygens (including phenoxy) is 1. The average Bonchev–Trinajstić information content (AvgIpc) is 3.10. The summed E-state index contributed by atoms with van der Waals surface area (Å²) in [6.07, 6.45) is 0.111. The molecule has 0 saturated carbocycles. The maximum Gasteiger partial charge on any atom is 0.338 e. The first-order valence-corrected chi connectivity index (χ1v) is 8.11. The number of esters is 1. The Hall–Kier alpha value is -3.39. The first-order chi connectivity index (χ1) is 12.8. The minimum absolute atomic E-state index is 0.0414. The molecule has 9 heteroatoms. The second kappa shape index (κ2) is 7.46. The number of aromatic carboxylic acids is 1. The van der Waals surface area contributed by atoms with Crippen molar-refractivity contribution < 1.29 is 28.6 Å². The van der Waals surface area contributed by atoms with Crippen LogP contribution in [0.5, 0.6) is 0 Å². The second-order valence-corrected chi connectivity index (χ2v) is 5.98. The van der Waals surface area contributed by atoms with Crippen LogP contribution in [0.4, 0.5) is 5.69 Å². The van der Waals surface area contributed by atoms with E-state index in [4.69, 9.17) is 25.9 Å². The highest BCUT2D eigenvalue weighted by atomic mass is 35.5. The van der Waals surface area contributed by atoms with Crippen LogP contribution < -0.4 is 5.32 Å². The highest BCUT2D eigenvalue weighted by Crippen LogP contribution is 2.23. The lowest BCUT2D eigenvalue weighted by molar-refractivity contribution is -0.123. The van der Waals surface area contributed by atoms with Crippen LogP contribution in [0.2, 0.25) is 5.02 Å². The molecular formula is C18H13ClN2O6. The molecule has 0 aliphatic carbocycles. The lowest BCUT2D eigenvalue weighted by Gasteiger charge is -2.14. The zero-order chi connectivity index (χ0) is 19.6. The fourth-order valence-electron chi connectivity index (χ4n) is 2.26. The van der Waals surface area contributed by atoms with Gasteiger partial charge >= 0.3 is 11.9 Å². The maximum absolute atomic E-state index is 12.3. The van der Waals surface area contributed by atoms with E-state index in [1.54, 1.807) is 6.07 Å². The Kier molecular flexibility index (Phi) is 5.09. The zero-order valence-corrected chi connectivity index (χ0v) is 14.7. The van der Waals surface area contributed by atoms with Gasteiger partial charge in [0.05, 0.1) is 21.8 Å². The molecule has 1 aromatic heterocycles. The van der Waals surface area contributed by atoms with Crippen LogP contribution >= 0.6 is 11.6 Å². The number of hydrogen-bond donors (Lipinski definition) is 2. The van der Waals surface area contributed by atoms with Gasteiger partial charge in [0.1, 0.15) is 5.52 Å². The predicted molar refractivity (Wildman–Crippen MR) is 95.9 cm³/mol. The van der Waals surface area contributed by atoms with Gasteiger partial charge < -0.3 is 19.6 Å². The van der Waals surface area contributed by atoms with Crippen LogP contribution in [0, 0.1) is 0 Å². The van der Waals surface area contributed by atoms with Crippen molar-refractivity contribution in [3.8, 4) is 0 Å². The summed E-state index contributed by atoms with van der Waals surface area (Å²) >= 11 is 5.96. The number of carbonyl (C=O) groups is 3. The van der Waals surface area contributed by atoms with Gasteiger partial charge in [-0.25, -0.2) is 14.6 Å². The Morgan fingerprint density at radius 3 is 2.67 bits per heavy atom. The summed E-state index contributed by atoms with van der Waals surface area (Å²) in [6, 6.07) is 8.43. The van der Waals surface area contributed by atoms with Gasteiger partial charge in [0.2, 0.25) is 0 Å². The topological polar surface area (TPSA) is 119 Å². The quantitative estimate of drug-likeness (QED) is 0.643. The van der Waals surface area contributed by atoms with Crippen molar-refractivity contribution in [2.45, 2.75) is 13.0 Å². The molecule has 3 aromatic rings. The summed E-state index contributed by atoms with van der Waals surface area (Å²) in [7, 11) is 0. The minimum Gasteiger partial charge on any atom is -0.478 e. The van der Waals surface area contributed by atoms with Gasteiger partial charge in [-0.05, 0) is 43.3 Å². The van der Waals surface area contributed by atoms with Crippen LogP contribution in [0.3, 0.4) is 0 Å². The molecule has 8 nitrogen and oxygen atoms in total. The third-order valence-electron chi connectivity index (χ3n) is 3.69. The number of rotatable bonds is 5. The van der Waals surface area contributed by atoms with E-state index in [9.17, 15) is 14.4 Å². The summed E-state index contributed by atoms with van der Waals surface area (Å²) in [5, 5.41) is 11.6. The van der Waals surface area contributed by atoms with Gasteiger partial charge in [-0.1, -0.05) is 11.6 Å². The second-order valence-electron chi connectivity index (χ2n) is 5.57. The fourth-order valence-corrected chi connectivity index (χ4v) is 2.42. The normalized spacial score (nSPS) is 11.8. The number of carboxylic acids is 1. The molecule has 0 aliphatic rings. The number of hydrogen-bond acceptors (Lipinski definition) is 6. The molecule has 1 unspecified atom stereocenters. The highest BCUT2D eigenvalue weighted by molar-refractivity contribution is 6.34. The molecule has 27 heavy (non-hydrogen) atoms. The van der Waals surface area contributed by atoms with E-state index in [-0.39, 0.29) is 21.8 Å². The molecular weight excluding hydrogens is 376 g/mol. The van der Waals surface area contributed by atoms with Crippen molar-refractivity contribution in [1.82, 2.24) is 4.98 Å². The number of carbonyl (C=O) groups excluding carboxylic acids is 2. The van der Waals surface area contributed by atoms with E-state index >= 15 is 0 Å². The molecule has 0 saturated heterocycles. The Morgan fingerprint density at radius 2 is 1.93 bits per heavy atom. The highest BCUT2D eigenvalue weighted by Gasteiger charge is 2.21. The molecule has 0 fully saturated rings. The first-order valence-electron chi connectivity index (χ1n) is 7.73. The van der Waals surface area contributed by atoms with Crippen LogP contribution in [0.25, 0.3) is 11.1 Å². The number of carboxylic acid groups (broad SMARTS) is 1. The zero-order valence-electron chi connectivity index (χ0n) is 13.9. The lowest BCUT2D eigenvalue weighted by Crippen LogP contribution is -2.30. The van der Waals surface area contributed by atoms with Crippen molar-refractivity contribution in [2.75, 3.05) is 5.32 Å². The number of aromatic nitrogens is 1. The van der Waals surface area contributed by atoms with Crippen molar-refractivity contribution in [3.63, 3.8) is 0 Å². The van der Waals surface area contributed by atoms with Gasteiger partial charge in [-0.3, -0.25) is 4.79 Å². The molecule has 1 amide bonds. The first kappa shape index (κ1) is 18.4. The number of amides is 1. The number of benzene rings is 2. The van der Waals surface area contributed by atoms with E-state index in [1.165, 1.54) is 43.6 Å². The molecule has 0 spiro atoms. The number of nitrogens with one attached hydrogen (secondary N) is 1. The van der Waals surface area contributed by atoms with Gasteiger partial charge in [0.25, 0.3) is 5.91 Å². The summed E-state index contributed by atoms with van der Waals surface area (Å²) in [4.78, 5) is 39.5. The van der Waals surface area contributed by atoms with E-state index in [1.807, 2.05) is 0 Å². The van der Waals surface area contributed by atoms with Gasteiger partial charge in [-0.2, -0.15) is 0 Å². The predicted octanol–water partition coefficient (Wildman–Crippen LogP) is 3.36. The van der Waals surface area contributed by atoms with Crippen LogP contribution in [-0.4, -0.2) is 34.0 Å². The van der Waals surface area contributed by atoms with Crippen LogP contribution in [-0.2, 0) is 9.53 Å². The van der Waals surface area contributed by atoms with Crippen molar-refractivity contribution in [1.29, 1.82) is 0 Å². The number of anilines is 1. The van der Waals surface area contributed by atoms with E-state index in [0.717, 1.165) is 0 Å². The molecule has 2 N–H and O–H groups in total. The third-order valence-corrected chi connectivity index (χ3v) is 4.02. The SMILES string of the molecule is CC(OC(=O)c1ccc2ocnc2c1)C(=O)Nc1cc(C(=O)O)ccc1Cl. The largest absolute Gasteiger partial charge is 0.478 e.